The summed E-state index contributed by atoms with van der Waals surface area (Å²) in [5.41, 5.74) is 1.36. The van der Waals surface area contributed by atoms with Gasteiger partial charge in [0, 0.05) is 38.0 Å². The Morgan fingerprint density at radius 2 is 1.96 bits per heavy atom. The van der Waals surface area contributed by atoms with Gasteiger partial charge in [-0.1, -0.05) is 6.07 Å². The SMILES string of the molecule is CN(C)C(=O)CN(C)C(=O)C[NH+]1CCc2sccc2[C@H]1c1cccs1. The normalized spacial score (nSPS) is 19.3. The molecule has 7 heteroatoms. The summed E-state index contributed by atoms with van der Waals surface area (Å²) in [6.45, 7) is 1.48. The van der Waals surface area contributed by atoms with Gasteiger partial charge in [0.15, 0.2) is 6.54 Å². The average Bonchev–Trinajstić information content (AvgIpc) is 3.25. The fourth-order valence-corrected chi connectivity index (χ4v) is 5.03. The molecule has 25 heavy (non-hydrogen) atoms. The summed E-state index contributed by atoms with van der Waals surface area (Å²) in [4.78, 5) is 31.6. The highest BCUT2D eigenvalue weighted by Gasteiger charge is 2.35. The number of amides is 2. The van der Waals surface area contributed by atoms with Crippen molar-refractivity contribution >= 4 is 34.5 Å². The van der Waals surface area contributed by atoms with Gasteiger partial charge in [0.25, 0.3) is 5.91 Å². The second-order valence-electron chi connectivity index (χ2n) is 6.62. The van der Waals surface area contributed by atoms with E-state index in [1.807, 2.05) is 11.3 Å². The molecule has 0 saturated carbocycles. The first-order chi connectivity index (χ1) is 12.0. The molecule has 0 saturated heterocycles. The maximum atomic E-state index is 12.7. The van der Waals surface area contributed by atoms with Gasteiger partial charge in [-0.15, -0.1) is 22.7 Å². The maximum Gasteiger partial charge on any atom is 0.277 e. The number of carbonyl (C=O) groups excluding carboxylic acids is 2. The van der Waals surface area contributed by atoms with Crippen LogP contribution >= 0.6 is 22.7 Å². The summed E-state index contributed by atoms with van der Waals surface area (Å²) in [6, 6.07) is 6.65. The van der Waals surface area contributed by atoms with Gasteiger partial charge in [0.05, 0.1) is 18.0 Å². The fourth-order valence-electron chi connectivity index (χ4n) is 3.21. The average molecular weight is 379 g/mol. The number of nitrogens with one attached hydrogen (secondary N) is 1. The van der Waals surface area contributed by atoms with Gasteiger partial charge in [-0.2, -0.15) is 0 Å². The number of fused-ring (bicyclic) bond motifs is 1. The van der Waals surface area contributed by atoms with Crippen molar-refractivity contribution in [2.75, 3.05) is 40.8 Å². The fraction of sp³-hybridized carbons (Fsp3) is 0.444. The van der Waals surface area contributed by atoms with Gasteiger partial charge < -0.3 is 14.7 Å². The molecule has 2 amide bonds. The van der Waals surface area contributed by atoms with E-state index in [4.69, 9.17) is 0 Å². The summed E-state index contributed by atoms with van der Waals surface area (Å²) in [6.07, 6.45) is 1.01. The number of quaternary nitrogens is 1. The summed E-state index contributed by atoms with van der Waals surface area (Å²) in [5.74, 6) is -0.0372. The molecule has 1 unspecified atom stereocenters. The maximum absolute atomic E-state index is 12.7. The highest BCUT2D eigenvalue weighted by Crippen LogP contribution is 2.31. The predicted molar refractivity (Wildman–Crippen MR) is 101 cm³/mol. The molecular weight excluding hydrogens is 354 g/mol. The Hall–Kier alpha value is -1.70. The quantitative estimate of drug-likeness (QED) is 0.840. The Balaban J connectivity index is 1.75. The second-order valence-corrected chi connectivity index (χ2v) is 8.60. The van der Waals surface area contributed by atoms with Crippen LogP contribution in [0.1, 0.15) is 21.4 Å². The highest BCUT2D eigenvalue weighted by molar-refractivity contribution is 7.10. The van der Waals surface area contributed by atoms with Crippen LogP contribution in [-0.2, 0) is 16.0 Å². The lowest BCUT2D eigenvalue weighted by atomic mass is 9.98. The lowest BCUT2D eigenvalue weighted by Gasteiger charge is -2.32. The summed E-state index contributed by atoms with van der Waals surface area (Å²) in [5, 5.41) is 4.25. The molecule has 1 aliphatic rings. The van der Waals surface area contributed by atoms with Gasteiger partial charge in [-0.3, -0.25) is 9.59 Å². The van der Waals surface area contributed by atoms with Crippen LogP contribution < -0.4 is 4.90 Å². The molecule has 0 radical (unpaired) electrons. The number of rotatable bonds is 5. The molecule has 2 aromatic heterocycles. The van der Waals surface area contributed by atoms with Gasteiger partial charge in [-0.25, -0.2) is 0 Å². The summed E-state index contributed by atoms with van der Waals surface area (Å²) < 4.78 is 0. The van der Waals surface area contributed by atoms with Crippen molar-refractivity contribution in [2.45, 2.75) is 12.5 Å². The van der Waals surface area contributed by atoms with Crippen molar-refractivity contribution in [3.8, 4) is 0 Å². The van der Waals surface area contributed by atoms with Gasteiger partial charge in [0.1, 0.15) is 6.04 Å². The number of likely N-dealkylation sites (N-methyl/N-ethyl adjacent to an activating group) is 2. The molecule has 0 bridgehead atoms. The molecule has 0 aliphatic carbocycles. The Labute approximate surface area is 156 Å². The van der Waals surface area contributed by atoms with E-state index in [9.17, 15) is 9.59 Å². The number of nitrogens with zero attached hydrogens (tertiary/aromatic N) is 2. The third-order valence-corrected chi connectivity index (χ3v) is 6.61. The topological polar surface area (TPSA) is 45.1 Å². The minimum atomic E-state index is -0.0561. The second kappa shape index (κ2) is 7.68. The minimum absolute atomic E-state index is 0.0189. The zero-order valence-electron chi connectivity index (χ0n) is 14.8. The van der Waals surface area contributed by atoms with Crippen molar-refractivity contribution in [3.05, 3.63) is 44.3 Å². The van der Waals surface area contributed by atoms with E-state index in [1.54, 1.807) is 37.4 Å². The first-order valence-corrected chi connectivity index (χ1v) is 10.1. The van der Waals surface area contributed by atoms with Crippen molar-refractivity contribution in [3.63, 3.8) is 0 Å². The number of hydrogen-bond donors (Lipinski definition) is 1. The smallest absolute Gasteiger partial charge is 0.277 e. The summed E-state index contributed by atoms with van der Waals surface area (Å²) >= 11 is 3.56. The largest absolute Gasteiger partial charge is 0.347 e. The molecule has 0 aromatic carbocycles. The van der Waals surface area contributed by atoms with E-state index in [0.29, 0.717) is 6.54 Å². The molecule has 3 rings (SSSR count). The molecule has 1 aliphatic heterocycles. The van der Waals surface area contributed by atoms with Crippen molar-refractivity contribution < 1.29 is 14.5 Å². The van der Waals surface area contributed by atoms with Gasteiger partial charge in [-0.05, 0) is 22.9 Å². The summed E-state index contributed by atoms with van der Waals surface area (Å²) in [7, 11) is 5.13. The number of carbonyl (C=O) groups is 2. The standard InChI is InChI=1S/C18H23N3O2S2/c1-19(2)16(22)11-20(3)17(23)12-21-8-6-14-13(7-10-25-14)18(21)15-5-4-9-24-15/h4-5,7,9-10,18H,6,8,11-12H2,1-3H3/p+1/t18-/m0/s1. The van der Waals surface area contributed by atoms with Crippen LogP contribution in [0.2, 0.25) is 0 Å². The molecule has 2 aromatic rings. The van der Waals surface area contributed by atoms with E-state index in [0.717, 1.165) is 13.0 Å². The third-order valence-electron chi connectivity index (χ3n) is 4.68. The minimum Gasteiger partial charge on any atom is -0.347 e. The zero-order chi connectivity index (χ0) is 18.0. The molecule has 134 valence electrons. The molecule has 5 nitrogen and oxygen atoms in total. The Morgan fingerprint density at radius 3 is 2.64 bits per heavy atom. The van der Waals surface area contributed by atoms with Crippen molar-refractivity contribution in [2.24, 2.45) is 0 Å². The molecule has 2 atom stereocenters. The predicted octanol–water partition coefficient (Wildman–Crippen LogP) is 0.887. The molecule has 0 fully saturated rings. The highest BCUT2D eigenvalue weighted by atomic mass is 32.1. The number of thiophene rings is 2. The molecule has 0 spiro atoms. The first-order valence-electron chi connectivity index (χ1n) is 8.35. The first kappa shape index (κ1) is 18.1. The van der Waals surface area contributed by atoms with Crippen LogP contribution in [0.15, 0.2) is 29.0 Å². The number of hydrogen-bond acceptors (Lipinski definition) is 4. The van der Waals surface area contributed by atoms with Crippen LogP contribution in [-0.4, -0.2) is 62.4 Å². The molecule has 3 heterocycles. The zero-order valence-corrected chi connectivity index (χ0v) is 16.5. The van der Waals surface area contributed by atoms with E-state index in [2.05, 4.69) is 29.0 Å². The van der Waals surface area contributed by atoms with E-state index in [-0.39, 0.29) is 24.4 Å². The Morgan fingerprint density at radius 1 is 1.16 bits per heavy atom. The van der Waals surface area contributed by atoms with E-state index in [1.165, 1.54) is 25.1 Å². The van der Waals surface area contributed by atoms with Crippen LogP contribution in [0.25, 0.3) is 0 Å². The van der Waals surface area contributed by atoms with Gasteiger partial charge in [0.2, 0.25) is 5.91 Å². The van der Waals surface area contributed by atoms with Crippen LogP contribution in [0.5, 0.6) is 0 Å². The van der Waals surface area contributed by atoms with Crippen molar-refractivity contribution in [1.82, 2.24) is 9.80 Å². The van der Waals surface area contributed by atoms with Crippen LogP contribution in [0, 0.1) is 0 Å². The van der Waals surface area contributed by atoms with E-state index < -0.39 is 0 Å². The lowest BCUT2D eigenvalue weighted by molar-refractivity contribution is -0.919. The molecular formula is C18H24N3O2S2+. The van der Waals surface area contributed by atoms with Gasteiger partial charge >= 0.3 is 0 Å². The molecule has 1 N–H and O–H groups in total. The van der Waals surface area contributed by atoms with Crippen molar-refractivity contribution in [1.29, 1.82) is 0 Å². The Kier molecular flexibility index (Phi) is 5.56. The van der Waals surface area contributed by atoms with Crippen LogP contribution in [0.4, 0.5) is 0 Å². The van der Waals surface area contributed by atoms with Crippen LogP contribution in [0.3, 0.4) is 0 Å². The Bertz CT molecular complexity index is 739. The lowest BCUT2D eigenvalue weighted by Crippen LogP contribution is -3.14. The third kappa shape index (κ3) is 3.94. The monoisotopic (exact) mass is 378 g/mol. The van der Waals surface area contributed by atoms with E-state index >= 15 is 0 Å².